The largest absolute Gasteiger partial charge is 0.377 e. The molecule has 0 unspecified atom stereocenters. The average Bonchev–Trinajstić information content (AvgIpc) is 2.87. The van der Waals surface area contributed by atoms with Crippen molar-refractivity contribution in [2.45, 2.75) is 65.2 Å². The lowest BCUT2D eigenvalue weighted by Crippen LogP contribution is -2.46. The van der Waals surface area contributed by atoms with Crippen LogP contribution in [0.15, 0.2) is 0 Å². The molecule has 1 saturated heterocycles. The molecule has 0 radical (unpaired) electrons. The summed E-state index contributed by atoms with van der Waals surface area (Å²) in [5.74, 6) is 2.51. The number of aromatic nitrogens is 3. The van der Waals surface area contributed by atoms with Crippen LogP contribution in [0.25, 0.3) is 0 Å². The minimum atomic E-state index is 0.187. The van der Waals surface area contributed by atoms with E-state index in [0.717, 1.165) is 57.0 Å². The maximum atomic E-state index is 6.16. The molecule has 1 aliphatic carbocycles. The molecule has 1 aromatic rings. The van der Waals surface area contributed by atoms with E-state index in [0.29, 0.717) is 6.10 Å². The van der Waals surface area contributed by atoms with Gasteiger partial charge in [-0.2, -0.15) is 5.10 Å². The van der Waals surface area contributed by atoms with Crippen LogP contribution in [0.4, 0.5) is 0 Å². The summed E-state index contributed by atoms with van der Waals surface area (Å²) in [6.45, 7) is 11.6. The predicted octanol–water partition coefficient (Wildman–Crippen LogP) is 2.19. The summed E-state index contributed by atoms with van der Waals surface area (Å²) in [6.07, 6.45) is 5.90. The van der Waals surface area contributed by atoms with Crippen LogP contribution in [-0.2, 0) is 16.0 Å². The van der Waals surface area contributed by atoms with Crippen molar-refractivity contribution in [2.24, 2.45) is 5.92 Å². The highest BCUT2D eigenvalue weighted by molar-refractivity contribution is 4.88. The first-order valence-electron chi connectivity index (χ1n) is 9.45. The van der Waals surface area contributed by atoms with Gasteiger partial charge in [-0.15, -0.1) is 0 Å². The van der Waals surface area contributed by atoms with Crippen molar-refractivity contribution in [1.82, 2.24) is 19.7 Å². The van der Waals surface area contributed by atoms with E-state index in [-0.39, 0.29) is 6.10 Å². The molecule has 136 valence electrons. The molecular formula is C18H32N4O2. The van der Waals surface area contributed by atoms with E-state index >= 15 is 0 Å². The molecule has 24 heavy (non-hydrogen) atoms. The average molecular weight is 336 g/mol. The fourth-order valence-electron chi connectivity index (χ4n) is 3.88. The van der Waals surface area contributed by atoms with Gasteiger partial charge in [0.2, 0.25) is 0 Å². The summed E-state index contributed by atoms with van der Waals surface area (Å²) in [6, 6.07) is 0. The van der Waals surface area contributed by atoms with Gasteiger partial charge < -0.3 is 9.47 Å². The lowest BCUT2D eigenvalue weighted by atomic mass is 9.88. The topological polar surface area (TPSA) is 52.4 Å². The molecule has 0 aromatic carbocycles. The first-order valence-corrected chi connectivity index (χ1v) is 9.45. The quantitative estimate of drug-likeness (QED) is 0.797. The van der Waals surface area contributed by atoms with Gasteiger partial charge in [0.1, 0.15) is 11.6 Å². The second kappa shape index (κ2) is 8.41. The highest BCUT2D eigenvalue weighted by Crippen LogP contribution is 2.26. The van der Waals surface area contributed by atoms with Gasteiger partial charge in [0, 0.05) is 19.6 Å². The predicted molar refractivity (Wildman–Crippen MR) is 93.0 cm³/mol. The zero-order chi connectivity index (χ0) is 16.9. The number of nitrogens with zero attached hydrogens (tertiary/aromatic N) is 4. The third kappa shape index (κ3) is 4.77. The number of hydrogen-bond donors (Lipinski definition) is 0. The van der Waals surface area contributed by atoms with Crippen molar-refractivity contribution >= 4 is 0 Å². The summed E-state index contributed by atoms with van der Waals surface area (Å²) in [5.41, 5.74) is 0. The van der Waals surface area contributed by atoms with Crippen LogP contribution in [0, 0.1) is 19.8 Å². The van der Waals surface area contributed by atoms with Gasteiger partial charge in [-0.1, -0.05) is 19.8 Å². The Morgan fingerprint density at radius 2 is 2.08 bits per heavy atom. The van der Waals surface area contributed by atoms with Crippen LogP contribution in [0.1, 0.15) is 44.3 Å². The number of hydrogen-bond acceptors (Lipinski definition) is 5. The van der Waals surface area contributed by atoms with Gasteiger partial charge in [-0.05, 0) is 32.6 Å². The second-order valence-electron chi connectivity index (χ2n) is 7.35. The lowest BCUT2D eigenvalue weighted by Gasteiger charge is -2.34. The van der Waals surface area contributed by atoms with Gasteiger partial charge in [0.05, 0.1) is 32.0 Å². The normalized spacial score (nSPS) is 29.0. The number of rotatable bonds is 6. The van der Waals surface area contributed by atoms with E-state index in [1.54, 1.807) is 0 Å². The molecule has 2 aliphatic rings. The molecule has 0 amide bonds. The van der Waals surface area contributed by atoms with E-state index < -0.39 is 0 Å². The van der Waals surface area contributed by atoms with Gasteiger partial charge in [0.15, 0.2) is 0 Å². The summed E-state index contributed by atoms with van der Waals surface area (Å²) < 4.78 is 14.0. The Bertz CT molecular complexity index is 519. The van der Waals surface area contributed by atoms with E-state index in [2.05, 4.69) is 21.9 Å². The Morgan fingerprint density at radius 1 is 1.25 bits per heavy atom. The van der Waals surface area contributed by atoms with Crippen LogP contribution in [-0.4, -0.2) is 64.7 Å². The number of morpholine rings is 1. The summed E-state index contributed by atoms with van der Waals surface area (Å²) in [7, 11) is 0. The molecule has 1 aromatic heterocycles. The zero-order valence-electron chi connectivity index (χ0n) is 15.4. The van der Waals surface area contributed by atoms with E-state index in [9.17, 15) is 0 Å². The molecule has 3 rings (SSSR count). The summed E-state index contributed by atoms with van der Waals surface area (Å²) in [5, 5.41) is 4.44. The third-order valence-corrected chi connectivity index (χ3v) is 5.33. The van der Waals surface area contributed by atoms with Crippen LogP contribution < -0.4 is 0 Å². The number of aryl methyl sites for hydroxylation is 2. The Hall–Kier alpha value is -0.980. The Kier molecular flexibility index (Phi) is 6.25. The second-order valence-corrected chi connectivity index (χ2v) is 7.35. The first-order chi connectivity index (χ1) is 11.6. The van der Waals surface area contributed by atoms with E-state index in [1.165, 1.54) is 25.7 Å². The van der Waals surface area contributed by atoms with Gasteiger partial charge in [-0.3, -0.25) is 4.90 Å². The summed E-state index contributed by atoms with van der Waals surface area (Å²) >= 11 is 0. The van der Waals surface area contributed by atoms with Gasteiger partial charge in [-0.25, -0.2) is 9.67 Å². The van der Waals surface area contributed by atoms with Crippen molar-refractivity contribution in [1.29, 1.82) is 0 Å². The maximum absolute atomic E-state index is 6.16. The molecule has 2 fully saturated rings. The molecule has 0 N–H and O–H groups in total. The van der Waals surface area contributed by atoms with E-state index in [4.69, 9.17) is 9.47 Å². The van der Waals surface area contributed by atoms with Crippen LogP contribution in [0.2, 0.25) is 0 Å². The molecule has 1 aliphatic heterocycles. The smallest absolute Gasteiger partial charge is 0.147 e. The molecule has 3 atom stereocenters. The highest BCUT2D eigenvalue weighted by atomic mass is 16.5. The van der Waals surface area contributed by atoms with Gasteiger partial charge >= 0.3 is 0 Å². The van der Waals surface area contributed by atoms with Gasteiger partial charge in [0.25, 0.3) is 0 Å². The zero-order valence-corrected chi connectivity index (χ0v) is 15.4. The Labute approximate surface area is 145 Å². The van der Waals surface area contributed by atoms with Crippen molar-refractivity contribution in [3.8, 4) is 0 Å². The monoisotopic (exact) mass is 336 g/mol. The summed E-state index contributed by atoms with van der Waals surface area (Å²) in [4.78, 5) is 6.83. The van der Waals surface area contributed by atoms with Crippen molar-refractivity contribution in [3.63, 3.8) is 0 Å². The molecule has 6 heteroatoms. The molecular weight excluding hydrogens is 304 g/mol. The fraction of sp³-hybridized carbons (Fsp3) is 0.889. The first kappa shape index (κ1) is 17.8. The van der Waals surface area contributed by atoms with E-state index in [1.807, 2.05) is 18.5 Å². The SMILES string of the molecule is Cc1nc(C)n(C[C@@H]2CN(CCO[C@@H]3CCCC[C@@H]3C)CCO2)n1. The minimum absolute atomic E-state index is 0.187. The lowest BCUT2D eigenvalue weighted by molar-refractivity contribution is -0.0578. The fourth-order valence-corrected chi connectivity index (χ4v) is 3.88. The highest BCUT2D eigenvalue weighted by Gasteiger charge is 2.24. The minimum Gasteiger partial charge on any atom is -0.377 e. The maximum Gasteiger partial charge on any atom is 0.147 e. The van der Waals surface area contributed by atoms with Crippen molar-refractivity contribution < 1.29 is 9.47 Å². The molecule has 1 saturated carbocycles. The van der Waals surface area contributed by atoms with Crippen molar-refractivity contribution in [2.75, 3.05) is 32.8 Å². The Morgan fingerprint density at radius 3 is 2.83 bits per heavy atom. The molecule has 6 nitrogen and oxygen atoms in total. The van der Waals surface area contributed by atoms with Crippen molar-refractivity contribution in [3.05, 3.63) is 11.6 Å². The van der Waals surface area contributed by atoms with Crippen LogP contribution in [0.3, 0.4) is 0 Å². The van der Waals surface area contributed by atoms with Crippen LogP contribution in [0.5, 0.6) is 0 Å². The molecule has 0 bridgehead atoms. The molecule has 0 spiro atoms. The Balaban J connectivity index is 1.41. The number of ether oxygens (including phenoxy) is 2. The van der Waals surface area contributed by atoms with Crippen LogP contribution >= 0.6 is 0 Å². The third-order valence-electron chi connectivity index (χ3n) is 5.33. The standard InChI is InChI=1S/C18H32N4O2/c1-14-6-4-5-7-18(14)24-11-9-21-8-10-23-17(12-21)13-22-16(3)19-15(2)20-22/h14,17-18H,4-13H2,1-3H3/t14-,17-,18+/m0/s1. The molecule has 2 heterocycles.